The van der Waals surface area contributed by atoms with E-state index in [-0.39, 0.29) is 5.91 Å². The number of carbonyl (C=O) groups is 1. The lowest BCUT2D eigenvalue weighted by atomic mass is 10.2. The van der Waals surface area contributed by atoms with Crippen molar-refractivity contribution in [2.24, 2.45) is 12.8 Å². The third-order valence-electron chi connectivity index (χ3n) is 3.24. The van der Waals surface area contributed by atoms with Crippen LogP contribution in [0, 0.1) is 0 Å². The molecular weight excluding hydrogens is 268 g/mol. The number of para-hydroxylation sites is 2. The minimum atomic E-state index is -0.118. The molecule has 0 aliphatic rings. The van der Waals surface area contributed by atoms with Crippen LogP contribution in [0.15, 0.2) is 36.8 Å². The average Bonchev–Trinajstić information content (AvgIpc) is 2.94. The van der Waals surface area contributed by atoms with Gasteiger partial charge in [0.15, 0.2) is 0 Å². The number of aryl methyl sites for hydroxylation is 1. The van der Waals surface area contributed by atoms with E-state index in [1.54, 1.807) is 36.1 Å². The smallest absolute Gasteiger partial charge is 0.276 e. The van der Waals surface area contributed by atoms with Crippen LogP contribution in [0.3, 0.4) is 0 Å². The van der Waals surface area contributed by atoms with Gasteiger partial charge in [0.25, 0.3) is 5.91 Å². The highest BCUT2D eigenvalue weighted by Gasteiger charge is 2.22. The Hall–Kier alpha value is -2.34. The van der Waals surface area contributed by atoms with Crippen molar-refractivity contribution in [2.45, 2.75) is 6.42 Å². The van der Waals surface area contributed by atoms with E-state index < -0.39 is 0 Å². The fraction of sp³-hybridized carbons (Fsp3) is 0.333. The number of anilines is 1. The summed E-state index contributed by atoms with van der Waals surface area (Å²) in [5, 5.41) is 0. The molecule has 1 heterocycles. The summed E-state index contributed by atoms with van der Waals surface area (Å²) in [7, 11) is 3.39. The first kappa shape index (κ1) is 15.1. The minimum Gasteiger partial charge on any atom is -0.495 e. The standard InChI is InChI=1S/C15H20N4O2/c1-18-11-17-10-13(18)15(20)19(9-5-8-16)12-6-3-4-7-14(12)21-2/h3-4,6-7,10-11H,5,8-9,16H2,1-2H3. The average molecular weight is 288 g/mol. The van der Waals surface area contributed by atoms with Crippen molar-refractivity contribution in [3.05, 3.63) is 42.5 Å². The summed E-state index contributed by atoms with van der Waals surface area (Å²) in [6.45, 7) is 1.05. The molecule has 0 atom stereocenters. The monoisotopic (exact) mass is 288 g/mol. The zero-order chi connectivity index (χ0) is 15.2. The van der Waals surface area contributed by atoms with E-state index in [1.165, 1.54) is 0 Å². The van der Waals surface area contributed by atoms with Gasteiger partial charge in [-0.2, -0.15) is 0 Å². The van der Waals surface area contributed by atoms with Crippen LogP contribution in [0.4, 0.5) is 5.69 Å². The van der Waals surface area contributed by atoms with Crippen molar-refractivity contribution in [1.29, 1.82) is 0 Å². The summed E-state index contributed by atoms with van der Waals surface area (Å²) in [4.78, 5) is 18.5. The van der Waals surface area contributed by atoms with E-state index in [0.717, 1.165) is 5.69 Å². The van der Waals surface area contributed by atoms with Gasteiger partial charge >= 0.3 is 0 Å². The van der Waals surface area contributed by atoms with Gasteiger partial charge in [0.2, 0.25) is 0 Å². The third-order valence-corrected chi connectivity index (χ3v) is 3.24. The molecule has 0 saturated heterocycles. The molecule has 0 fully saturated rings. The lowest BCUT2D eigenvalue weighted by Gasteiger charge is -2.24. The SMILES string of the molecule is COc1ccccc1N(CCCN)C(=O)c1cncn1C. The summed E-state index contributed by atoms with van der Waals surface area (Å²) in [5.74, 6) is 0.540. The topological polar surface area (TPSA) is 73.4 Å². The fourth-order valence-electron chi connectivity index (χ4n) is 2.14. The molecule has 0 aliphatic carbocycles. The lowest BCUT2D eigenvalue weighted by molar-refractivity contribution is 0.0978. The molecule has 1 aromatic heterocycles. The van der Waals surface area contributed by atoms with Gasteiger partial charge in [0.1, 0.15) is 11.4 Å². The molecule has 0 unspecified atom stereocenters. The number of rotatable bonds is 6. The highest BCUT2D eigenvalue weighted by Crippen LogP contribution is 2.28. The second-order valence-corrected chi connectivity index (χ2v) is 4.66. The molecule has 0 radical (unpaired) electrons. The molecule has 0 aliphatic heterocycles. The van der Waals surface area contributed by atoms with E-state index >= 15 is 0 Å². The molecule has 0 bridgehead atoms. The Bertz CT molecular complexity index is 609. The predicted molar refractivity (Wildman–Crippen MR) is 81.5 cm³/mol. The number of imidazole rings is 1. The summed E-state index contributed by atoms with van der Waals surface area (Å²) < 4.78 is 7.06. The van der Waals surface area contributed by atoms with Crippen LogP contribution in [0.2, 0.25) is 0 Å². The largest absolute Gasteiger partial charge is 0.495 e. The number of aromatic nitrogens is 2. The van der Waals surface area contributed by atoms with Gasteiger partial charge in [-0.3, -0.25) is 4.79 Å². The first-order chi connectivity index (χ1) is 10.2. The molecule has 6 heteroatoms. The van der Waals surface area contributed by atoms with Crippen LogP contribution in [0.1, 0.15) is 16.9 Å². The minimum absolute atomic E-state index is 0.118. The molecule has 0 saturated carbocycles. The number of amides is 1. The molecule has 2 N–H and O–H groups in total. The summed E-state index contributed by atoms with van der Waals surface area (Å²) in [5.41, 5.74) is 6.85. The van der Waals surface area contributed by atoms with Gasteiger partial charge in [0.05, 0.1) is 25.3 Å². The molecule has 0 spiro atoms. The number of hydrogen-bond donors (Lipinski definition) is 1. The third kappa shape index (κ3) is 3.22. The molecule has 2 rings (SSSR count). The molecule has 21 heavy (non-hydrogen) atoms. The van der Waals surface area contributed by atoms with Gasteiger partial charge in [0, 0.05) is 13.6 Å². The number of carbonyl (C=O) groups excluding carboxylic acids is 1. The maximum atomic E-state index is 12.8. The molecule has 1 aromatic carbocycles. The Morgan fingerprint density at radius 3 is 2.81 bits per heavy atom. The first-order valence-electron chi connectivity index (χ1n) is 6.80. The van der Waals surface area contributed by atoms with E-state index in [2.05, 4.69) is 4.98 Å². The number of hydrogen-bond acceptors (Lipinski definition) is 4. The van der Waals surface area contributed by atoms with Crippen LogP contribution < -0.4 is 15.4 Å². The Morgan fingerprint density at radius 2 is 2.19 bits per heavy atom. The van der Waals surface area contributed by atoms with E-state index in [0.29, 0.717) is 31.0 Å². The van der Waals surface area contributed by atoms with E-state index in [9.17, 15) is 4.79 Å². The van der Waals surface area contributed by atoms with Crippen molar-refractivity contribution in [3.63, 3.8) is 0 Å². The lowest BCUT2D eigenvalue weighted by Crippen LogP contribution is -2.34. The summed E-state index contributed by atoms with van der Waals surface area (Å²) in [6, 6.07) is 7.45. The number of benzene rings is 1. The zero-order valence-electron chi connectivity index (χ0n) is 12.3. The van der Waals surface area contributed by atoms with Crippen molar-refractivity contribution in [1.82, 2.24) is 9.55 Å². The summed E-state index contributed by atoms with van der Waals surface area (Å²) >= 11 is 0. The second-order valence-electron chi connectivity index (χ2n) is 4.66. The Morgan fingerprint density at radius 1 is 1.43 bits per heavy atom. The van der Waals surface area contributed by atoms with Crippen molar-refractivity contribution in [3.8, 4) is 5.75 Å². The van der Waals surface area contributed by atoms with E-state index in [1.807, 2.05) is 24.3 Å². The molecule has 112 valence electrons. The van der Waals surface area contributed by atoms with Gasteiger partial charge in [-0.25, -0.2) is 4.98 Å². The maximum Gasteiger partial charge on any atom is 0.276 e. The number of methoxy groups -OCH3 is 1. The van der Waals surface area contributed by atoms with Crippen molar-refractivity contribution < 1.29 is 9.53 Å². The second kappa shape index (κ2) is 6.90. The van der Waals surface area contributed by atoms with Crippen molar-refractivity contribution in [2.75, 3.05) is 25.1 Å². The van der Waals surface area contributed by atoms with Gasteiger partial charge in [-0.1, -0.05) is 12.1 Å². The Labute approximate surface area is 124 Å². The molecular formula is C15H20N4O2. The van der Waals surface area contributed by atoms with Gasteiger partial charge in [-0.05, 0) is 25.1 Å². The number of nitrogens with two attached hydrogens (primary N) is 1. The highest BCUT2D eigenvalue weighted by molar-refractivity contribution is 6.05. The Balaban J connectivity index is 2.38. The first-order valence-corrected chi connectivity index (χ1v) is 6.80. The molecule has 6 nitrogen and oxygen atoms in total. The van der Waals surface area contributed by atoms with Crippen molar-refractivity contribution >= 4 is 11.6 Å². The molecule has 2 aromatic rings. The molecule has 1 amide bonds. The maximum absolute atomic E-state index is 12.8. The zero-order valence-corrected chi connectivity index (χ0v) is 12.3. The van der Waals surface area contributed by atoms with Crippen LogP contribution in [-0.4, -0.2) is 35.7 Å². The van der Waals surface area contributed by atoms with Crippen LogP contribution in [0.25, 0.3) is 0 Å². The van der Waals surface area contributed by atoms with Crippen LogP contribution >= 0.6 is 0 Å². The normalized spacial score (nSPS) is 10.4. The van der Waals surface area contributed by atoms with Crippen LogP contribution in [0.5, 0.6) is 5.75 Å². The van der Waals surface area contributed by atoms with E-state index in [4.69, 9.17) is 10.5 Å². The van der Waals surface area contributed by atoms with Crippen LogP contribution in [-0.2, 0) is 7.05 Å². The fourth-order valence-corrected chi connectivity index (χ4v) is 2.14. The Kier molecular flexibility index (Phi) is 4.94. The number of ether oxygens (including phenoxy) is 1. The van der Waals surface area contributed by atoms with Gasteiger partial charge < -0.3 is 19.9 Å². The van der Waals surface area contributed by atoms with Gasteiger partial charge in [-0.15, -0.1) is 0 Å². The highest BCUT2D eigenvalue weighted by atomic mass is 16.5. The number of nitrogens with zero attached hydrogens (tertiary/aromatic N) is 3. The summed E-state index contributed by atoms with van der Waals surface area (Å²) in [6.07, 6.45) is 3.88. The quantitative estimate of drug-likeness (QED) is 0.872. The predicted octanol–water partition coefficient (Wildman–Crippen LogP) is 1.42.